The molecule has 0 fully saturated rings. The van der Waals surface area contributed by atoms with Crippen LogP contribution in [0.25, 0.3) is 0 Å². The van der Waals surface area contributed by atoms with Gasteiger partial charge in [0.25, 0.3) is 0 Å². The molecule has 1 aliphatic rings. The summed E-state index contributed by atoms with van der Waals surface area (Å²) in [6.07, 6.45) is 11.2. The monoisotopic (exact) mass is 462 g/mol. The first kappa shape index (κ1) is 28.0. The van der Waals surface area contributed by atoms with Crippen molar-refractivity contribution in [2.24, 2.45) is 17.8 Å². The van der Waals surface area contributed by atoms with Crippen LogP contribution in [-0.4, -0.2) is 22.1 Å². The number of fused-ring (bicyclic) bond motifs is 1. The van der Waals surface area contributed by atoms with Crippen molar-refractivity contribution in [3.63, 3.8) is 0 Å². The Hall–Kier alpha value is -1.26. The molecule has 1 aliphatic heterocycles. The smallest absolute Gasteiger partial charge is 0.136 e. The Morgan fingerprint density at radius 3 is 1.97 bits per heavy atom. The van der Waals surface area contributed by atoms with Crippen molar-refractivity contribution < 1.29 is 20.0 Å². The molecule has 0 saturated carbocycles. The van der Waals surface area contributed by atoms with E-state index >= 15 is 0 Å². The van der Waals surface area contributed by atoms with Crippen molar-refractivity contribution in [3.8, 4) is 11.5 Å². The van der Waals surface area contributed by atoms with Crippen molar-refractivity contribution >= 4 is 0 Å². The van der Waals surface area contributed by atoms with Gasteiger partial charge in [-0.3, -0.25) is 5.26 Å². The van der Waals surface area contributed by atoms with Crippen LogP contribution in [-0.2, 0) is 11.3 Å². The molecule has 0 aromatic heterocycles. The largest absolute Gasteiger partial charge is 0.507 e. The second-order valence-electron chi connectivity index (χ2n) is 11.6. The number of rotatable bonds is 13. The van der Waals surface area contributed by atoms with Crippen molar-refractivity contribution in [1.29, 1.82) is 0 Å². The van der Waals surface area contributed by atoms with Crippen LogP contribution in [0.1, 0.15) is 115 Å². The Morgan fingerprint density at radius 2 is 1.42 bits per heavy atom. The van der Waals surface area contributed by atoms with Crippen LogP contribution in [0.5, 0.6) is 11.5 Å². The second kappa shape index (κ2) is 12.4. The number of benzene rings is 1. The number of ether oxygens (including phenoxy) is 1. The molecule has 0 amide bonds. The lowest BCUT2D eigenvalue weighted by Crippen LogP contribution is -2.50. The molecule has 1 heterocycles. The van der Waals surface area contributed by atoms with Gasteiger partial charge in [0.05, 0.1) is 0 Å². The zero-order chi connectivity index (χ0) is 24.8. The minimum atomic E-state index is -0.576. The number of hydrogen-bond acceptors (Lipinski definition) is 4. The standard InChI is InChI=1S/C29H50O4/c1-19(2)12-9-13-20(3)14-10-15-21(4)16-11-17-29(8)26(33-31)18-25-24(7)27(30)22(5)23(6)28(25)32-29/h19-21,26,30-31H,9-18H2,1-8H3/t20-,21+,26?,29-/m0/s1. The Labute approximate surface area is 203 Å². The first-order valence-corrected chi connectivity index (χ1v) is 13.3. The summed E-state index contributed by atoms with van der Waals surface area (Å²) < 4.78 is 6.52. The molecule has 4 nitrogen and oxygen atoms in total. The van der Waals surface area contributed by atoms with E-state index in [2.05, 4.69) is 34.6 Å². The molecule has 0 spiro atoms. The zero-order valence-electron chi connectivity index (χ0n) is 22.6. The summed E-state index contributed by atoms with van der Waals surface area (Å²) >= 11 is 0. The molecule has 190 valence electrons. The van der Waals surface area contributed by atoms with Gasteiger partial charge in [0.2, 0.25) is 0 Å². The fourth-order valence-corrected chi connectivity index (χ4v) is 5.39. The van der Waals surface area contributed by atoms with Crippen LogP contribution in [0.4, 0.5) is 0 Å². The van der Waals surface area contributed by atoms with Gasteiger partial charge in [0.1, 0.15) is 23.2 Å². The molecule has 1 aromatic carbocycles. The van der Waals surface area contributed by atoms with Crippen LogP contribution in [0.3, 0.4) is 0 Å². The predicted octanol–water partition coefficient (Wildman–Crippen LogP) is 8.31. The number of hydrogen-bond donors (Lipinski definition) is 2. The van der Waals surface area contributed by atoms with Crippen molar-refractivity contribution in [3.05, 3.63) is 22.3 Å². The average molecular weight is 463 g/mol. The Balaban J connectivity index is 1.85. The molecule has 0 bridgehead atoms. The van der Waals surface area contributed by atoms with Crippen molar-refractivity contribution in [2.75, 3.05) is 0 Å². The van der Waals surface area contributed by atoms with Gasteiger partial charge in [-0.25, -0.2) is 4.89 Å². The molecule has 2 rings (SSSR count). The van der Waals surface area contributed by atoms with Gasteiger partial charge >= 0.3 is 0 Å². The molecule has 0 radical (unpaired) electrons. The van der Waals surface area contributed by atoms with E-state index in [4.69, 9.17) is 9.62 Å². The highest BCUT2D eigenvalue weighted by Gasteiger charge is 2.43. The maximum Gasteiger partial charge on any atom is 0.136 e. The molecule has 33 heavy (non-hydrogen) atoms. The maximum absolute atomic E-state index is 10.4. The fourth-order valence-electron chi connectivity index (χ4n) is 5.39. The molecular weight excluding hydrogens is 412 g/mol. The van der Waals surface area contributed by atoms with Crippen LogP contribution >= 0.6 is 0 Å². The van der Waals surface area contributed by atoms with Gasteiger partial charge in [-0.05, 0) is 75.0 Å². The topological polar surface area (TPSA) is 58.9 Å². The quantitative estimate of drug-likeness (QED) is 0.228. The highest BCUT2D eigenvalue weighted by molar-refractivity contribution is 5.58. The van der Waals surface area contributed by atoms with Crippen LogP contribution in [0, 0.1) is 38.5 Å². The fraction of sp³-hybridized carbons (Fsp3) is 0.793. The highest BCUT2D eigenvalue weighted by atomic mass is 17.1. The molecule has 0 saturated heterocycles. The highest BCUT2D eigenvalue weighted by Crippen LogP contribution is 2.45. The zero-order valence-corrected chi connectivity index (χ0v) is 22.6. The SMILES string of the molecule is Cc1c(C)c2c(c(C)c1O)CC(OO)[C@](C)(CCC[C@H](C)CCC[C@@H](C)CCCC(C)C)O2. The Bertz CT molecular complexity index is 757. The first-order chi connectivity index (χ1) is 15.5. The predicted molar refractivity (Wildman–Crippen MR) is 137 cm³/mol. The summed E-state index contributed by atoms with van der Waals surface area (Å²) in [4.78, 5) is 4.92. The van der Waals surface area contributed by atoms with Gasteiger partial charge < -0.3 is 9.84 Å². The van der Waals surface area contributed by atoms with E-state index in [1.165, 1.54) is 38.5 Å². The molecule has 1 aromatic rings. The third kappa shape index (κ3) is 7.36. The van der Waals surface area contributed by atoms with E-state index in [0.717, 1.165) is 59.1 Å². The molecule has 4 heteroatoms. The van der Waals surface area contributed by atoms with Gasteiger partial charge in [-0.2, -0.15) is 0 Å². The summed E-state index contributed by atoms with van der Waals surface area (Å²) in [6, 6.07) is 0. The summed E-state index contributed by atoms with van der Waals surface area (Å²) in [6.45, 7) is 17.3. The average Bonchev–Trinajstić information content (AvgIpc) is 2.75. The van der Waals surface area contributed by atoms with Crippen molar-refractivity contribution in [1.82, 2.24) is 0 Å². The third-order valence-corrected chi connectivity index (χ3v) is 8.12. The maximum atomic E-state index is 10.4. The van der Waals surface area contributed by atoms with Crippen LogP contribution in [0.15, 0.2) is 0 Å². The normalized spacial score (nSPS) is 22.2. The van der Waals surface area contributed by atoms with E-state index in [0.29, 0.717) is 18.1 Å². The summed E-state index contributed by atoms with van der Waals surface area (Å²) in [5.74, 6) is 3.53. The third-order valence-electron chi connectivity index (χ3n) is 8.12. The number of aromatic hydroxyl groups is 1. The van der Waals surface area contributed by atoms with Crippen molar-refractivity contribution in [2.45, 2.75) is 131 Å². The van der Waals surface area contributed by atoms with Gasteiger partial charge in [-0.1, -0.05) is 72.6 Å². The Kier molecular flexibility index (Phi) is 10.6. The lowest BCUT2D eigenvalue weighted by Gasteiger charge is -2.42. The molecule has 4 atom stereocenters. The summed E-state index contributed by atoms with van der Waals surface area (Å²) in [5, 5.41) is 20.1. The molecular formula is C29H50O4. The van der Waals surface area contributed by atoms with Crippen LogP contribution < -0.4 is 4.74 Å². The van der Waals surface area contributed by atoms with Crippen LogP contribution in [0.2, 0.25) is 0 Å². The minimum absolute atomic E-state index is 0.318. The lowest BCUT2D eigenvalue weighted by molar-refractivity contribution is -0.312. The molecule has 0 aliphatic carbocycles. The van der Waals surface area contributed by atoms with Gasteiger partial charge in [0, 0.05) is 12.0 Å². The van der Waals surface area contributed by atoms with E-state index in [-0.39, 0.29) is 0 Å². The van der Waals surface area contributed by atoms with Gasteiger partial charge in [0.15, 0.2) is 0 Å². The van der Waals surface area contributed by atoms with E-state index in [1.54, 1.807) is 0 Å². The number of phenolic OH excluding ortho intramolecular Hbond substituents is 1. The lowest BCUT2D eigenvalue weighted by atomic mass is 9.81. The Morgan fingerprint density at radius 1 is 0.879 bits per heavy atom. The molecule has 2 N–H and O–H groups in total. The van der Waals surface area contributed by atoms with E-state index in [1.807, 2.05) is 20.8 Å². The minimum Gasteiger partial charge on any atom is -0.507 e. The van der Waals surface area contributed by atoms with E-state index in [9.17, 15) is 10.4 Å². The first-order valence-electron chi connectivity index (χ1n) is 13.3. The van der Waals surface area contributed by atoms with E-state index < -0.39 is 11.7 Å². The summed E-state index contributed by atoms with van der Waals surface area (Å²) in [5.41, 5.74) is 3.04. The van der Waals surface area contributed by atoms with Gasteiger partial charge in [-0.15, -0.1) is 0 Å². The molecule has 1 unspecified atom stereocenters. The number of phenols is 1. The summed E-state index contributed by atoms with van der Waals surface area (Å²) in [7, 11) is 0. The second-order valence-corrected chi connectivity index (χ2v) is 11.6.